The molecule has 1 aliphatic rings. The molecular weight excluding hydrogens is 294 g/mol. The molecule has 114 valence electrons. The van der Waals surface area contributed by atoms with Crippen molar-refractivity contribution in [3.8, 4) is 0 Å². The van der Waals surface area contributed by atoms with E-state index in [-0.39, 0.29) is 22.4 Å². The van der Waals surface area contributed by atoms with Gasteiger partial charge in [-0.3, -0.25) is 19.1 Å². The number of ether oxygens (including phenoxy) is 1. The van der Waals surface area contributed by atoms with E-state index in [2.05, 4.69) is 0 Å². The van der Waals surface area contributed by atoms with Crippen LogP contribution in [0.1, 0.15) is 32.1 Å². The van der Waals surface area contributed by atoms with Crippen molar-refractivity contribution in [2.75, 3.05) is 5.75 Å². The molecule has 0 N–H and O–H groups in total. The van der Waals surface area contributed by atoms with Crippen LogP contribution in [0.4, 0.5) is 5.69 Å². The average molecular weight is 311 g/mol. The summed E-state index contributed by atoms with van der Waals surface area (Å²) < 4.78 is 17.4. The Hall–Kier alpha value is -1.76. The Bertz CT molecular complexity index is 554. The summed E-state index contributed by atoms with van der Waals surface area (Å²) >= 11 is 0. The lowest BCUT2D eigenvalue weighted by Gasteiger charge is -2.21. The van der Waals surface area contributed by atoms with Crippen LogP contribution in [0.25, 0.3) is 0 Å². The Morgan fingerprint density at radius 3 is 2.62 bits per heavy atom. The molecule has 0 bridgehead atoms. The van der Waals surface area contributed by atoms with Crippen LogP contribution in [0.15, 0.2) is 29.2 Å². The van der Waals surface area contributed by atoms with Crippen LogP contribution in [0.5, 0.6) is 0 Å². The molecule has 1 aromatic carbocycles. The van der Waals surface area contributed by atoms with Gasteiger partial charge >= 0.3 is 5.97 Å². The van der Waals surface area contributed by atoms with Crippen molar-refractivity contribution in [1.82, 2.24) is 0 Å². The lowest BCUT2D eigenvalue weighted by molar-refractivity contribution is -0.387. The molecule has 0 unspecified atom stereocenters. The normalized spacial score (nSPS) is 17.1. The number of nitro benzene ring substituents is 1. The summed E-state index contributed by atoms with van der Waals surface area (Å²) in [5, 5.41) is 10.9. The Balaban J connectivity index is 1.97. The van der Waals surface area contributed by atoms with E-state index in [1.165, 1.54) is 18.2 Å². The SMILES string of the molecule is O=C(C[S@@](=O)c1ccccc1[N+](=O)[O-])OC1CCCCC1. The van der Waals surface area contributed by atoms with Gasteiger partial charge in [0.1, 0.15) is 16.8 Å². The highest BCUT2D eigenvalue weighted by Gasteiger charge is 2.23. The van der Waals surface area contributed by atoms with E-state index in [4.69, 9.17) is 4.74 Å². The van der Waals surface area contributed by atoms with Gasteiger partial charge < -0.3 is 4.74 Å². The summed E-state index contributed by atoms with van der Waals surface area (Å²) in [4.78, 5) is 22.1. The minimum absolute atomic E-state index is 0.0584. The Labute approximate surface area is 125 Å². The predicted molar refractivity (Wildman–Crippen MR) is 77.3 cm³/mol. The van der Waals surface area contributed by atoms with E-state index in [1.54, 1.807) is 6.07 Å². The number of esters is 1. The average Bonchev–Trinajstić information content (AvgIpc) is 2.48. The van der Waals surface area contributed by atoms with E-state index < -0.39 is 21.7 Å². The zero-order valence-corrected chi connectivity index (χ0v) is 12.3. The third-order valence-corrected chi connectivity index (χ3v) is 4.74. The van der Waals surface area contributed by atoms with Gasteiger partial charge in [0.25, 0.3) is 5.69 Å². The van der Waals surface area contributed by atoms with Gasteiger partial charge in [-0.2, -0.15) is 0 Å². The third-order valence-electron chi connectivity index (χ3n) is 3.41. The summed E-state index contributed by atoms with van der Waals surface area (Å²) in [6.07, 6.45) is 4.79. The minimum Gasteiger partial charge on any atom is -0.462 e. The van der Waals surface area contributed by atoms with Gasteiger partial charge in [-0.25, -0.2) is 0 Å². The van der Waals surface area contributed by atoms with Gasteiger partial charge in [-0.15, -0.1) is 0 Å². The van der Waals surface area contributed by atoms with Crippen molar-refractivity contribution in [3.63, 3.8) is 0 Å². The lowest BCUT2D eigenvalue weighted by atomic mass is 9.98. The number of rotatable bonds is 5. The van der Waals surface area contributed by atoms with Gasteiger partial charge in [0.15, 0.2) is 0 Å². The molecule has 0 saturated heterocycles. The summed E-state index contributed by atoms with van der Waals surface area (Å²) in [6.45, 7) is 0. The van der Waals surface area contributed by atoms with Crippen molar-refractivity contribution in [1.29, 1.82) is 0 Å². The Morgan fingerprint density at radius 2 is 1.95 bits per heavy atom. The number of benzene rings is 1. The van der Waals surface area contributed by atoms with Gasteiger partial charge in [-0.05, 0) is 31.7 Å². The maximum atomic E-state index is 12.1. The molecule has 7 heteroatoms. The molecule has 1 fully saturated rings. The topological polar surface area (TPSA) is 86.5 Å². The lowest BCUT2D eigenvalue weighted by Crippen LogP contribution is -2.24. The molecular formula is C14H17NO5S. The standard InChI is InChI=1S/C14H17NO5S/c16-14(20-11-6-2-1-3-7-11)10-21(19)13-9-5-4-8-12(13)15(17)18/h4-5,8-9,11H,1-3,6-7,10H2/t21-/m1/s1. The first-order chi connectivity index (χ1) is 10.1. The van der Waals surface area contributed by atoms with Crippen LogP contribution in [-0.2, 0) is 20.3 Å². The highest BCUT2D eigenvalue weighted by molar-refractivity contribution is 7.85. The van der Waals surface area contributed by atoms with Crippen LogP contribution in [0.2, 0.25) is 0 Å². The third kappa shape index (κ3) is 4.35. The second kappa shape index (κ2) is 7.31. The smallest absolute Gasteiger partial charge is 0.319 e. The highest BCUT2D eigenvalue weighted by Crippen LogP contribution is 2.23. The largest absolute Gasteiger partial charge is 0.462 e. The second-order valence-electron chi connectivity index (χ2n) is 4.96. The molecule has 0 amide bonds. The van der Waals surface area contributed by atoms with Gasteiger partial charge in [-0.1, -0.05) is 18.6 Å². The van der Waals surface area contributed by atoms with Gasteiger partial charge in [0, 0.05) is 6.07 Å². The maximum Gasteiger partial charge on any atom is 0.319 e. The van der Waals surface area contributed by atoms with Crippen LogP contribution < -0.4 is 0 Å². The van der Waals surface area contributed by atoms with Gasteiger partial charge in [0.2, 0.25) is 0 Å². The van der Waals surface area contributed by atoms with Crippen molar-refractivity contribution >= 4 is 22.5 Å². The molecule has 0 heterocycles. The number of carbonyl (C=O) groups is 1. The van der Waals surface area contributed by atoms with E-state index in [0.29, 0.717) is 0 Å². The molecule has 0 spiro atoms. The number of carbonyl (C=O) groups excluding carboxylic acids is 1. The van der Waals surface area contributed by atoms with Crippen LogP contribution >= 0.6 is 0 Å². The maximum absolute atomic E-state index is 12.1. The fourth-order valence-electron chi connectivity index (χ4n) is 2.39. The molecule has 0 aliphatic heterocycles. The monoisotopic (exact) mass is 311 g/mol. The first-order valence-corrected chi connectivity index (χ1v) is 8.21. The highest BCUT2D eigenvalue weighted by atomic mass is 32.2. The molecule has 1 aliphatic carbocycles. The first-order valence-electron chi connectivity index (χ1n) is 6.89. The number of para-hydroxylation sites is 1. The quantitative estimate of drug-likeness (QED) is 0.474. The van der Waals surface area contributed by atoms with E-state index >= 15 is 0 Å². The van der Waals surface area contributed by atoms with Crippen LogP contribution in [0, 0.1) is 10.1 Å². The van der Waals surface area contributed by atoms with Crippen molar-refractivity contribution in [2.24, 2.45) is 0 Å². The molecule has 21 heavy (non-hydrogen) atoms. The fraction of sp³-hybridized carbons (Fsp3) is 0.500. The first kappa shape index (κ1) is 15.6. The summed E-state index contributed by atoms with van der Waals surface area (Å²) in [5.74, 6) is -0.903. The number of nitro groups is 1. The van der Waals surface area contributed by atoms with Crippen molar-refractivity contribution < 1.29 is 18.7 Å². The summed E-state index contributed by atoms with van der Waals surface area (Å²) in [6, 6.07) is 5.74. The molecule has 0 radical (unpaired) electrons. The molecule has 6 nitrogen and oxygen atoms in total. The number of hydrogen-bond donors (Lipinski definition) is 0. The summed E-state index contributed by atoms with van der Waals surface area (Å²) in [5.41, 5.74) is -0.235. The van der Waals surface area contributed by atoms with E-state index in [0.717, 1.165) is 32.1 Å². The second-order valence-corrected chi connectivity index (χ2v) is 6.38. The minimum atomic E-state index is -1.77. The zero-order valence-electron chi connectivity index (χ0n) is 11.5. The van der Waals surface area contributed by atoms with Crippen molar-refractivity contribution in [3.05, 3.63) is 34.4 Å². The van der Waals surface area contributed by atoms with Crippen molar-refractivity contribution in [2.45, 2.75) is 43.1 Å². The van der Waals surface area contributed by atoms with Crippen LogP contribution in [0.3, 0.4) is 0 Å². The Morgan fingerprint density at radius 1 is 1.29 bits per heavy atom. The zero-order chi connectivity index (χ0) is 15.2. The predicted octanol–water partition coefficient (Wildman–Crippen LogP) is 2.58. The fourth-order valence-corrected chi connectivity index (χ4v) is 3.43. The van der Waals surface area contributed by atoms with Gasteiger partial charge in [0.05, 0.1) is 15.7 Å². The Kier molecular flexibility index (Phi) is 5.44. The number of hydrogen-bond acceptors (Lipinski definition) is 5. The molecule has 2 rings (SSSR count). The van der Waals surface area contributed by atoms with E-state index in [9.17, 15) is 19.1 Å². The number of nitrogens with zero attached hydrogens (tertiary/aromatic N) is 1. The van der Waals surface area contributed by atoms with Crippen LogP contribution in [-0.4, -0.2) is 27.0 Å². The van der Waals surface area contributed by atoms with E-state index in [1.807, 2.05) is 0 Å². The summed E-state index contributed by atoms with van der Waals surface area (Å²) in [7, 11) is -1.77. The molecule has 0 aromatic heterocycles. The molecule has 1 atom stereocenters. The molecule has 1 aromatic rings. The molecule has 1 saturated carbocycles.